The number of carbonyl (C=O) groups excluding carboxylic acids is 2. The van der Waals surface area contributed by atoms with Crippen LogP contribution in [0, 0.1) is 0 Å². The van der Waals surface area contributed by atoms with Crippen LogP contribution in [0.15, 0.2) is 114 Å². The Hall–Kier alpha value is -3.85. The number of rotatable bonds is 13. The van der Waals surface area contributed by atoms with Gasteiger partial charge in [-0.1, -0.05) is 103 Å². The molecule has 0 saturated carbocycles. The van der Waals surface area contributed by atoms with Gasteiger partial charge in [-0.15, -0.1) is 0 Å². The topological polar surface area (TPSA) is 86.8 Å². The maximum Gasteiger partial charge on any atom is 0.264 e. The molecular weight excluding hydrogens is 605 g/mol. The molecule has 2 amide bonds. The Morgan fingerprint density at radius 2 is 1.49 bits per heavy atom. The molecule has 0 unspecified atom stereocenters. The molecule has 43 heavy (non-hydrogen) atoms. The number of hydrogen-bond donors (Lipinski definition) is 1. The van der Waals surface area contributed by atoms with Gasteiger partial charge in [0.05, 0.1) is 10.6 Å². The maximum atomic E-state index is 14.4. The first-order chi connectivity index (χ1) is 20.7. The summed E-state index contributed by atoms with van der Waals surface area (Å²) in [6.07, 6.45) is 0.926. The monoisotopic (exact) mass is 637 g/mol. The minimum absolute atomic E-state index is 0.00960. The van der Waals surface area contributed by atoms with Crippen LogP contribution < -0.4 is 9.62 Å². The summed E-state index contributed by atoms with van der Waals surface area (Å²) in [4.78, 5) is 29.5. The molecule has 0 spiro atoms. The molecule has 0 saturated heterocycles. The van der Waals surface area contributed by atoms with Crippen molar-refractivity contribution < 1.29 is 18.0 Å². The zero-order valence-corrected chi connectivity index (χ0v) is 26.0. The van der Waals surface area contributed by atoms with E-state index in [1.165, 1.54) is 23.1 Å². The second-order valence-corrected chi connectivity index (χ2v) is 12.6. The lowest BCUT2D eigenvalue weighted by molar-refractivity contribution is -0.140. The highest BCUT2D eigenvalue weighted by atomic mass is 35.5. The van der Waals surface area contributed by atoms with Crippen molar-refractivity contribution in [2.24, 2.45) is 0 Å². The largest absolute Gasteiger partial charge is 0.354 e. The van der Waals surface area contributed by atoms with Crippen molar-refractivity contribution in [3.63, 3.8) is 0 Å². The van der Waals surface area contributed by atoms with E-state index in [0.29, 0.717) is 28.6 Å². The van der Waals surface area contributed by atoms with Crippen LogP contribution in [0.5, 0.6) is 0 Å². The van der Waals surface area contributed by atoms with E-state index < -0.39 is 28.5 Å². The highest BCUT2D eigenvalue weighted by Gasteiger charge is 2.34. The number of nitrogens with zero attached hydrogens (tertiary/aromatic N) is 2. The summed E-state index contributed by atoms with van der Waals surface area (Å²) in [5, 5.41) is 3.66. The van der Waals surface area contributed by atoms with E-state index in [0.717, 1.165) is 9.87 Å². The third kappa shape index (κ3) is 8.38. The van der Waals surface area contributed by atoms with Gasteiger partial charge in [0.2, 0.25) is 11.8 Å². The molecule has 4 aromatic rings. The number of halogens is 2. The van der Waals surface area contributed by atoms with Crippen LogP contribution >= 0.6 is 23.2 Å². The van der Waals surface area contributed by atoms with E-state index in [1.807, 2.05) is 37.3 Å². The summed E-state index contributed by atoms with van der Waals surface area (Å²) in [7, 11) is -4.20. The van der Waals surface area contributed by atoms with Crippen molar-refractivity contribution in [3.05, 3.63) is 130 Å². The minimum atomic E-state index is -4.20. The van der Waals surface area contributed by atoms with Crippen LogP contribution in [0.25, 0.3) is 0 Å². The van der Waals surface area contributed by atoms with E-state index in [1.54, 1.807) is 60.7 Å². The van der Waals surface area contributed by atoms with Gasteiger partial charge in [0, 0.05) is 29.6 Å². The quantitative estimate of drug-likeness (QED) is 0.185. The zero-order valence-electron chi connectivity index (χ0n) is 23.7. The predicted octanol–water partition coefficient (Wildman–Crippen LogP) is 6.36. The lowest BCUT2D eigenvalue weighted by Crippen LogP contribution is -2.53. The molecule has 0 aliphatic rings. The summed E-state index contributed by atoms with van der Waals surface area (Å²) in [5.41, 5.74) is 1.69. The molecule has 0 bridgehead atoms. The van der Waals surface area contributed by atoms with Gasteiger partial charge in [-0.2, -0.15) is 0 Å². The van der Waals surface area contributed by atoms with Crippen LogP contribution in [-0.4, -0.2) is 44.3 Å². The molecular formula is C33H33Cl2N3O4S. The van der Waals surface area contributed by atoms with Crippen LogP contribution in [0.3, 0.4) is 0 Å². The lowest BCUT2D eigenvalue weighted by Gasteiger charge is -2.34. The summed E-state index contributed by atoms with van der Waals surface area (Å²) < 4.78 is 29.0. The molecule has 0 aliphatic carbocycles. The van der Waals surface area contributed by atoms with Crippen molar-refractivity contribution in [3.8, 4) is 0 Å². The number of nitrogens with one attached hydrogen (secondary N) is 1. The lowest BCUT2D eigenvalue weighted by atomic mass is 10.0. The van der Waals surface area contributed by atoms with E-state index in [-0.39, 0.29) is 29.5 Å². The fraction of sp³-hybridized carbons (Fsp3) is 0.212. The maximum absolute atomic E-state index is 14.4. The van der Waals surface area contributed by atoms with Crippen LogP contribution in [-0.2, 0) is 32.6 Å². The Kier molecular flexibility index (Phi) is 11.2. The molecule has 1 N–H and O–H groups in total. The first kappa shape index (κ1) is 32.1. The van der Waals surface area contributed by atoms with E-state index in [4.69, 9.17) is 23.2 Å². The molecule has 1 atom stereocenters. The second kappa shape index (κ2) is 15.0. The number of sulfonamides is 1. The minimum Gasteiger partial charge on any atom is -0.354 e. The summed E-state index contributed by atoms with van der Waals surface area (Å²) in [5.74, 6) is -0.918. The van der Waals surface area contributed by atoms with Gasteiger partial charge < -0.3 is 10.2 Å². The van der Waals surface area contributed by atoms with E-state index >= 15 is 0 Å². The molecule has 0 fully saturated rings. The number of carbonyl (C=O) groups is 2. The SMILES string of the molecule is CCCNC(=O)[C@H](Cc1ccccc1)N(Cc1ccccc1Cl)C(=O)CN(c1cccc(Cl)c1)S(=O)(=O)c1ccccc1. The average Bonchev–Trinajstić information content (AvgIpc) is 3.02. The van der Waals surface area contributed by atoms with Crippen molar-refractivity contribution in [2.75, 3.05) is 17.4 Å². The summed E-state index contributed by atoms with van der Waals surface area (Å²) >= 11 is 12.8. The van der Waals surface area contributed by atoms with Crippen LogP contribution in [0.1, 0.15) is 24.5 Å². The van der Waals surface area contributed by atoms with Crippen LogP contribution in [0.2, 0.25) is 10.0 Å². The van der Waals surface area contributed by atoms with Crippen molar-refractivity contribution in [2.45, 2.75) is 37.2 Å². The molecule has 4 aromatic carbocycles. The molecule has 0 aromatic heterocycles. The third-order valence-corrected chi connectivity index (χ3v) is 9.22. The van der Waals surface area contributed by atoms with Gasteiger partial charge in [-0.25, -0.2) is 8.42 Å². The number of amides is 2. The fourth-order valence-corrected chi connectivity index (χ4v) is 6.42. The van der Waals surface area contributed by atoms with Gasteiger partial charge in [0.25, 0.3) is 10.0 Å². The van der Waals surface area contributed by atoms with Crippen LogP contribution in [0.4, 0.5) is 5.69 Å². The van der Waals surface area contributed by atoms with Gasteiger partial charge in [-0.3, -0.25) is 13.9 Å². The number of hydrogen-bond acceptors (Lipinski definition) is 4. The fourth-order valence-electron chi connectivity index (χ4n) is 4.61. The Labute approximate surface area is 263 Å². The smallest absolute Gasteiger partial charge is 0.264 e. The third-order valence-electron chi connectivity index (χ3n) is 6.83. The summed E-state index contributed by atoms with van der Waals surface area (Å²) in [6.45, 7) is 1.78. The van der Waals surface area contributed by atoms with Gasteiger partial charge in [-0.05, 0) is 53.9 Å². The van der Waals surface area contributed by atoms with Crippen molar-refractivity contribution in [1.82, 2.24) is 10.2 Å². The summed E-state index contributed by atoms with van der Waals surface area (Å²) in [6, 6.07) is 29.7. The highest BCUT2D eigenvalue weighted by Crippen LogP contribution is 2.27. The first-order valence-electron chi connectivity index (χ1n) is 13.9. The van der Waals surface area contributed by atoms with Crippen molar-refractivity contribution in [1.29, 1.82) is 0 Å². The molecule has 10 heteroatoms. The van der Waals surface area contributed by atoms with Gasteiger partial charge in [0.1, 0.15) is 12.6 Å². The molecule has 0 aliphatic heterocycles. The Morgan fingerprint density at radius 3 is 2.14 bits per heavy atom. The Bertz CT molecular complexity index is 1640. The van der Waals surface area contributed by atoms with Gasteiger partial charge in [0.15, 0.2) is 0 Å². The number of benzene rings is 4. The highest BCUT2D eigenvalue weighted by molar-refractivity contribution is 7.92. The molecule has 0 radical (unpaired) electrons. The van der Waals surface area contributed by atoms with Crippen molar-refractivity contribution >= 4 is 50.7 Å². The average molecular weight is 639 g/mol. The molecule has 4 rings (SSSR count). The molecule has 7 nitrogen and oxygen atoms in total. The Balaban J connectivity index is 1.80. The second-order valence-electron chi connectivity index (χ2n) is 9.91. The van der Waals surface area contributed by atoms with E-state index in [9.17, 15) is 18.0 Å². The van der Waals surface area contributed by atoms with E-state index in [2.05, 4.69) is 5.32 Å². The Morgan fingerprint density at radius 1 is 0.837 bits per heavy atom. The molecule has 0 heterocycles. The predicted molar refractivity (Wildman–Crippen MR) is 172 cm³/mol. The molecule has 224 valence electrons. The number of anilines is 1. The van der Waals surface area contributed by atoms with Gasteiger partial charge >= 0.3 is 0 Å². The normalized spacial score (nSPS) is 11.9. The zero-order chi connectivity index (χ0) is 30.8. The first-order valence-corrected chi connectivity index (χ1v) is 16.1. The standard InChI is InChI=1S/C33H33Cl2N3O4S/c1-2-20-36-33(40)31(21-25-12-5-3-6-13-25)37(23-26-14-9-10-19-30(26)35)32(39)24-38(28-16-11-15-27(34)22-28)43(41,42)29-17-7-4-8-18-29/h3-19,22,31H,2,20-21,23-24H2,1H3,(H,36,40)/t31-/m0/s1.